The summed E-state index contributed by atoms with van der Waals surface area (Å²) in [5, 5.41) is 4.73. The van der Waals surface area contributed by atoms with Crippen LogP contribution in [0.2, 0.25) is 0 Å². The number of aromatic nitrogens is 2. The molecule has 18 heavy (non-hydrogen) atoms. The molecule has 2 aliphatic rings. The fourth-order valence-electron chi connectivity index (χ4n) is 3.29. The first kappa shape index (κ1) is 11.6. The van der Waals surface area contributed by atoms with E-state index in [1.54, 1.807) is 4.90 Å². The van der Waals surface area contributed by atoms with E-state index in [1.165, 1.54) is 36.2 Å². The largest absolute Gasteiger partial charge is 0.351 e. The molecule has 0 saturated heterocycles. The number of fused-ring (bicyclic) bond motifs is 3. The van der Waals surface area contributed by atoms with Gasteiger partial charge in [-0.15, -0.1) is 0 Å². The fourth-order valence-corrected chi connectivity index (χ4v) is 3.29. The minimum atomic E-state index is -0.318. The third-order valence-corrected chi connectivity index (χ3v) is 4.22. The van der Waals surface area contributed by atoms with Crippen LogP contribution in [0.3, 0.4) is 0 Å². The average Bonchev–Trinajstić information content (AvgIpc) is 2.52. The maximum absolute atomic E-state index is 11.5. The maximum Gasteiger partial charge on any atom is 0.315 e. The first-order valence-corrected chi connectivity index (χ1v) is 6.83. The molecule has 3 heterocycles. The van der Waals surface area contributed by atoms with Gasteiger partial charge in [0.25, 0.3) is 0 Å². The van der Waals surface area contributed by atoms with Crippen LogP contribution in [0, 0.1) is 0 Å². The highest BCUT2D eigenvalue weighted by molar-refractivity contribution is 5.73. The number of amides is 2. The zero-order valence-corrected chi connectivity index (χ0v) is 10.9. The smallest absolute Gasteiger partial charge is 0.315 e. The Morgan fingerprint density at radius 1 is 1.28 bits per heavy atom. The van der Waals surface area contributed by atoms with E-state index in [0.717, 1.165) is 19.4 Å². The molecule has 5 heteroatoms. The molecule has 0 saturated carbocycles. The number of rotatable bonds is 0. The normalized spacial score (nSPS) is 23.2. The van der Waals surface area contributed by atoms with Crippen molar-refractivity contribution in [2.24, 2.45) is 5.73 Å². The number of primary amides is 1. The second kappa shape index (κ2) is 4.30. The molecule has 2 amide bonds. The minimum absolute atomic E-state index is 0.0769. The summed E-state index contributed by atoms with van der Waals surface area (Å²) in [5.41, 5.74) is 9.23. The SMILES string of the molecule is CC1c2c(nn3c2CCCCC3)CCN1C(N)=O. The first-order chi connectivity index (χ1) is 8.68. The molecule has 2 N–H and O–H groups in total. The quantitative estimate of drug-likeness (QED) is 0.758. The van der Waals surface area contributed by atoms with Crippen molar-refractivity contribution in [3.05, 3.63) is 17.0 Å². The molecule has 98 valence electrons. The summed E-state index contributed by atoms with van der Waals surface area (Å²) in [6, 6.07) is -0.241. The van der Waals surface area contributed by atoms with E-state index in [4.69, 9.17) is 10.8 Å². The van der Waals surface area contributed by atoms with Gasteiger partial charge in [-0.1, -0.05) is 6.42 Å². The second-order valence-electron chi connectivity index (χ2n) is 5.30. The number of hydrogen-bond donors (Lipinski definition) is 1. The molecule has 1 aromatic rings. The third-order valence-electron chi connectivity index (χ3n) is 4.22. The van der Waals surface area contributed by atoms with E-state index in [2.05, 4.69) is 11.6 Å². The maximum atomic E-state index is 11.5. The van der Waals surface area contributed by atoms with Gasteiger partial charge >= 0.3 is 6.03 Å². The van der Waals surface area contributed by atoms with Crippen LogP contribution in [0.1, 0.15) is 49.2 Å². The lowest BCUT2D eigenvalue weighted by atomic mass is 9.96. The van der Waals surface area contributed by atoms with E-state index in [1.807, 2.05) is 0 Å². The van der Waals surface area contributed by atoms with Crippen LogP contribution in [-0.4, -0.2) is 27.3 Å². The number of carbonyl (C=O) groups excluding carboxylic acids is 1. The minimum Gasteiger partial charge on any atom is -0.351 e. The van der Waals surface area contributed by atoms with Gasteiger partial charge in [0.15, 0.2) is 0 Å². The van der Waals surface area contributed by atoms with Crippen molar-refractivity contribution < 1.29 is 4.79 Å². The average molecular weight is 248 g/mol. The zero-order chi connectivity index (χ0) is 12.7. The zero-order valence-electron chi connectivity index (χ0n) is 10.9. The molecule has 0 radical (unpaired) electrons. The topological polar surface area (TPSA) is 64.2 Å². The van der Waals surface area contributed by atoms with Crippen LogP contribution < -0.4 is 5.73 Å². The Bertz CT molecular complexity index is 480. The molecule has 1 aromatic heterocycles. The van der Waals surface area contributed by atoms with Crippen LogP contribution >= 0.6 is 0 Å². The second-order valence-corrected chi connectivity index (χ2v) is 5.30. The van der Waals surface area contributed by atoms with Crippen LogP contribution in [0.15, 0.2) is 0 Å². The third kappa shape index (κ3) is 1.69. The Kier molecular flexibility index (Phi) is 2.76. The van der Waals surface area contributed by atoms with Crippen LogP contribution in [0.5, 0.6) is 0 Å². The van der Waals surface area contributed by atoms with Gasteiger partial charge in [0.2, 0.25) is 0 Å². The summed E-state index contributed by atoms with van der Waals surface area (Å²) in [7, 11) is 0. The van der Waals surface area contributed by atoms with Crippen molar-refractivity contribution in [2.75, 3.05) is 6.54 Å². The number of aryl methyl sites for hydroxylation is 1. The number of nitrogens with two attached hydrogens (primary N) is 1. The predicted octanol–water partition coefficient (Wildman–Crippen LogP) is 1.61. The molecular formula is C13H20N4O. The molecule has 2 aliphatic heterocycles. The van der Waals surface area contributed by atoms with Gasteiger partial charge in [0.05, 0.1) is 11.7 Å². The lowest BCUT2D eigenvalue weighted by Crippen LogP contribution is -2.42. The Morgan fingerprint density at radius 2 is 2.11 bits per heavy atom. The highest BCUT2D eigenvalue weighted by Gasteiger charge is 2.32. The van der Waals surface area contributed by atoms with E-state index in [0.29, 0.717) is 6.54 Å². The molecule has 3 rings (SSSR count). The Hall–Kier alpha value is -1.52. The number of carbonyl (C=O) groups is 1. The van der Waals surface area contributed by atoms with Gasteiger partial charge in [-0.3, -0.25) is 4.68 Å². The Morgan fingerprint density at radius 3 is 2.89 bits per heavy atom. The highest BCUT2D eigenvalue weighted by Crippen LogP contribution is 2.33. The Balaban J connectivity index is 2.02. The molecule has 0 fully saturated rings. The summed E-state index contributed by atoms with van der Waals surface area (Å²) in [4.78, 5) is 13.2. The molecule has 5 nitrogen and oxygen atoms in total. The predicted molar refractivity (Wildman–Crippen MR) is 68.2 cm³/mol. The van der Waals surface area contributed by atoms with Crippen molar-refractivity contribution in [3.63, 3.8) is 0 Å². The van der Waals surface area contributed by atoms with Crippen LogP contribution in [-0.2, 0) is 19.4 Å². The monoisotopic (exact) mass is 248 g/mol. The van der Waals surface area contributed by atoms with Crippen molar-refractivity contribution in [1.29, 1.82) is 0 Å². The molecule has 0 aliphatic carbocycles. The molecular weight excluding hydrogens is 228 g/mol. The first-order valence-electron chi connectivity index (χ1n) is 6.83. The summed E-state index contributed by atoms with van der Waals surface area (Å²) < 4.78 is 2.17. The lowest BCUT2D eigenvalue weighted by molar-refractivity contribution is 0.184. The summed E-state index contributed by atoms with van der Waals surface area (Å²) >= 11 is 0. The molecule has 1 unspecified atom stereocenters. The van der Waals surface area contributed by atoms with Crippen molar-refractivity contribution in [3.8, 4) is 0 Å². The van der Waals surface area contributed by atoms with E-state index in [9.17, 15) is 4.79 Å². The van der Waals surface area contributed by atoms with Crippen molar-refractivity contribution >= 4 is 6.03 Å². The van der Waals surface area contributed by atoms with Crippen molar-refractivity contribution in [2.45, 2.75) is 51.6 Å². The summed E-state index contributed by atoms with van der Waals surface area (Å²) in [6.45, 7) is 3.78. The number of nitrogens with zero attached hydrogens (tertiary/aromatic N) is 3. The van der Waals surface area contributed by atoms with Gasteiger partial charge < -0.3 is 10.6 Å². The fraction of sp³-hybridized carbons (Fsp3) is 0.692. The Labute approximate surface area is 107 Å². The van der Waals surface area contributed by atoms with Gasteiger partial charge in [-0.25, -0.2) is 4.79 Å². The number of hydrogen-bond acceptors (Lipinski definition) is 2. The van der Waals surface area contributed by atoms with Gasteiger partial charge in [0, 0.05) is 30.8 Å². The van der Waals surface area contributed by atoms with Crippen LogP contribution in [0.25, 0.3) is 0 Å². The molecule has 0 aromatic carbocycles. The summed E-state index contributed by atoms with van der Waals surface area (Å²) in [5.74, 6) is 0. The lowest BCUT2D eigenvalue weighted by Gasteiger charge is -2.32. The molecule has 0 bridgehead atoms. The van der Waals surface area contributed by atoms with E-state index in [-0.39, 0.29) is 12.1 Å². The summed E-state index contributed by atoms with van der Waals surface area (Å²) in [6.07, 6.45) is 5.62. The molecule has 0 spiro atoms. The van der Waals surface area contributed by atoms with Gasteiger partial charge in [-0.05, 0) is 26.2 Å². The van der Waals surface area contributed by atoms with Gasteiger partial charge in [0.1, 0.15) is 0 Å². The molecule has 1 atom stereocenters. The van der Waals surface area contributed by atoms with E-state index < -0.39 is 0 Å². The van der Waals surface area contributed by atoms with E-state index >= 15 is 0 Å². The van der Waals surface area contributed by atoms with Crippen molar-refractivity contribution in [1.82, 2.24) is 14.7 Å². The number of urea groups is 1. The standard InChI is InChI=1S/C13H20N4O/c1-9-12-10(6-8-16(9)13(14)18)15-17-7-4-2-3-5-11(12)17/h9H,2-8H2,1H3,(H2,14,18). The van der Waals surface area contributed by atoms with Crippen LogP contribution in [0.4, 0.5) is 4.79 Å². The highest BCUT2D eigenvalue weighted by atomic mass is 16.2. The van der Waals surface area contributed by atoms with Gasteiger partial charge in [-0.2, -0.15) is 5.10 Å².